The van der Waals surface area contributed by atoms with Crippen molar-refractivity contribution >= 4 is 27.8 Å². The predicted molar refractivity (Wildman–Crippen MR) is 89.3 cm³/mol. The van der Waals surface area contributed by atoms with Crippen LogP contribution in [-0.2, 0) is 19.6 Å². The maximum Gasteiger partial charge on any atom is 0.407 e. The second kappa shape index (κ2) is 9.11. The first-order valence-electron chi connectivity index (χ1n) is 7.44. The number of aliphatic carboxylic acids is 1. The minimum atomic E-state index is -3.39. The van der Waals surface area contributed by atoms with E-state index in [4.69, 9.17) is 9.84 Å². The van der Waals surface area contributed by atoms with E-state index in [-0.39, 0.29) is 13.0 Å². The number of amides is 1. The van der Waals surface area contributed by atoms with Gasteiger partial charge in [0.1, 0.15) is 0 Å². The predicted octanol–water partition coefficient (Wildman–Crippen LogP) is 2.10. The van der Waals surface area contributed by atoms with Crippen LogP contribution in [0.2, 0.25) is 0 Å². The highest BCUT2D eigenvalue weighted by Crippen LogP contribution is 2.20. The number of carbonyl (C=O) groups excluding carboxylic acids is 1. The molecule has 0 saturated heterocycles. The van der Waals surface area contributed by atoms with E-state index in [1.807, 2.05) is 6.92 Å². The van der Waals surface area contributed by atoms with Gasteiger partial charge in [0.2, 0.25) is 10.0 Å². The number of ether oxygens (including phenoxy) is 1. The molecule has 1 aromatic carbocycles. The lowest BCUT2D eigenvalue weighted by Crippen LogP contribution is -2.31. The van der Waals surface area contributed by atoms with Crippen molar-refractivity contribution in [2.45, 2.75) is 32.2 Å². The maximum absolute atomic E-state index is 11.7. The van der Waals surface area contributed by atoms with Crippen molar-refractivity contribution in [2.75, 3.05) is 17.6 Å². The van der Waals surface area contributed by atoms with E-state index >= 15 is 0 Å². The lowest BCUT2D eigenvalue weighted by Gasteiger charge is -2.18. The Bertz CT molecular complexity index is 657. The number of anilines is 1. The zero-order valence-corrected chi connectivity index (χ0v) is 14.4. The first kappa shape index (κ1) is 19.8. The normalized spacial score (nSPS) is 12.2. The van der Waals surface area contributed by atoms with Crippen LogP contribution in [-0.4, -0.2) is 38.4 Å². The average Bonchev–Trinajstić information content (AvgIpc) is 2.45. The summed E-state index contributed by atoms with van der Waals surface area (Å²) in [5.74, 6) is -1.08. The SMILES string of the molecule is CCCCOC(=O)NC(CC(=O)O)c1ccc(NS(C)(=O)=O)cc1. The summed E-state index contributed by atoms with van der Waals surface area (Å²) in [4.78, 5) is 22.7. The molecule has 24 heavy (non-hydrogen) atoms. The van der Waals surface area contributed by atoms with Crippen LogP contribution in [0.15, 0.2) is 24.3 Å². The zero-order chi connectivity index (χ0) is 18.2. The van der Waals surface area contributed by atoms with E-state index in [0.29, 0.717) is 11.3 Å². The molecule has 0 aliphatic heterocycles. The van der Waals surface area contributed by atoms with Gasteiger partial charge >= 0.3 is 12.1 Å². The second-order valence-corrected chi connectivity index (χ2v) is 7.03. The van der Waals surface area contributed by atoms with E-state index in [2.05, 4.69) is 10.0 Å². The Kier molecular flexibility index (Phi) is 7.50. The quantitative estimate of drug-likeness (QED) is 0.581. The molecule has 0 aromatic heterocycles. The molecule has 8 nitrogen and oxygen atoms in total. The molecule has 0 aliphatic carbocycles. The maximum atomic E-state index is 11.7. The number of unbranched alkanes of at least 4 members (excludes halogenated alkanes) is 1. The minimum Gasteiger partial charge on any atom is -0.481 e. The number of hydrogen-bond acceptors (Lipinski definition) is 5. The van der Waals surface area contributed by atoms with Gasteiger partial charge in [0, 0.05) is 5.69 Å². The molecule has 0 radical (unpaired) electrons. The molecule has 134 valence electrons. The van der Waals surface area contributed by atoms with E-state index in [1.165, 1.54) is 12.1 Å². The van der Waals surface area contributed by atoms with Crippen molar-refractivity contribution < 1.29 is 27.9 Å². The fourth-order valence-electron chi connectivity index (χ4n) is 1.92. The van der Waals surface area contributed by atoms with E-state index in [9.17, 15) is 18.0 Å². The minimum absolute atomic E-state index is 0.263. The van der Waals surface area contributed by atoms with Crippen molar-refractivity contribution in [3.8, 4) is 0 Å². The monoisotopic (exact) mass is 358 g/mol. The first-order chi connectivity index (χ1) is 11.2. The summed E-state index contributed by atoms with van der Waals surface area (Å²) in [6.07, 6.45) is 1.63. The third-order valence-electron chi connectivity index (χ3n) is 3.02. The molecule has 0 saturated carbocycles. The number of sulfonamides is 1. The fraction of sp³-hybridized carbons (Fsp3) is 0.467. The van der Waals surface area contributed by atoms with Gasteiger partial charge in [-0.15, -0.1) is 0 Å². The molecule has 0 bridgehead atoms. The molecule has 1 atom stereocenters. The van der Waals surface area contributed by atoms with Gasteiger partial charge in [-0.2, -0.15) is 0 Å². The summed E-state index contributed by atoms with van der Waals surface area (Å²) >= 11 is 0. The standard InChI is InChI=1S/C15H22N2O6S/c1-3-4-9-23-15(20)16-13(10-14(18)19)11-5-7-12(8-6-11)17-24(2,21)22/h5-8,13,17H,3-4,9-10H2,1-2H3,(H,16,20)(H,18,19). The number of benzene rings is 1. The number of hydrogen-bond donors (Lipinski definition) is 3. The highest BCUT2D eigenvalue weighted by molar-refractivity contribution is 7.92. The van der Waals surface area contributed by atoms with Gasteiger partial charge in [0.15, 0.2) is 0 Å². The Hall–Kier alpha value is -2.29. The number of nitrogens with one attached hydrogen (secondary N) is 2. The molecular formula is C15H22N2O6S. The molecular weight excluding hydrogens is 336 g/mol. The summed E-state index contributed by atoms with van der Waals surface area (Å²) in [6, 6.07) is 5.31. The molecule has 1 aromatic rings. The van der Waals surface area contributed by atoms with Gasteiger partial charge in [-0.25, -0.2) is 13.2 Å². The number of rotatable bonds is 9. The molecule has 1 unspecified atom stereocenters. The van der Waals surface area contributed by atoms with Gasteiger partial charge in [-0.1, -0.05) is 25.5 Å². The summed E-state index contributed by atoms with van der Waals surface area (Å²) < 4.78 is 29.6. The van der Waals surface area contributed by atoms with Gasteiger partial charge in [-0.05, 0) is 24.1 Å². The van der Waals surface area contributed by atoms with Crippen molar-refractivity contribution in [3.05, 3.63) is 29.8 Å². The van der Waals surface area contributed by atoms with Crippen molar-refractivity contribution in [3.63, 3.8) is 0 Å². The smallest absolute Gasteiger partial charge is 0.407 e. The third kappa shape index (κ3) is 7.82. The topological polar surface area (TPSA) is 122 Å². The molecule has 0 spiro atoms. The van der Waals surface area contributed by atoms with Crippen LogP contribution in [0.5, 0.6) is 0 Å². The van der Waals surface area contributed by atoms with Gasteiger partial charge in [0.25, 0.3) is 0 Å². The molecule has 0 heterocycles. The van der Waals surface area contributed by atoms with Crippen LogP contribution in [0.4, 0.5) is 10.5 Å². The second-order valence-electron chi connectivity index (χ2n) is 5.28. The summed E-state index contributed by atoms with van der Waals surface area (Å²) in [6.45, 7) is 2.22. The molecule has 3 N–H and O–H groups in total. The largest absolute Gasteiger partial charge is 0.481 e. The Balaban J connectivity index is 2.80. The first-order valence-corrected chi connectivity index (χ1v) is 9.33. The van der Waals surface area contributed by atoms with Crippen molar-refractivity contribution in [1.29, 1.82) is 0 Å². The summed E-state index contributed by atoms with van der Waals surface area (Å²) in [7, 11) is -3.39. The van der Waals surface area contributed by atoms with Crippen LogP contribution in [0.1, 0.15) is 37.8 Å². The highest BCUT2D eigenvalue weighted by atomic mass is 32.2. The molecule has 1 amide bonds. The van der Waals surface area contributed by atoms with Crippen molar-refractivity contribution in [1.82, 2.24) is 5.32 Å². The van der Waals surface area contributed by atoms with E-state index in [1.54, 1.807) is 12.1 Å². The van der Waals surface area contributed by atoms with E-state index in [0.717, 1.165) is 19.1 Å². The molecule has 1 rings (SSSR count). The Morgan fingerprint density at radius 2 is 1.88 bits per heavy atom. The molecule has 0 fully saturated rings. The third-order valence-corrected chi connectivity index (χ3v) is 3.62. The number of carbonyl (C=O) groups is 2. The Morgan fingerprint density at radius 3 is 2.38 bits per heavy atom. The summed E-state index contributed by atoms with van der Waals surface area (Å²) in [5.41, 5.74) is 0.879. The van der Waals surface area contributed by atoms with Crippen molar-refractivity contribution in [2.24, 2.45) is 0 Å². The summed E-state index contributed by atoms with van der Waals surface area (Å²) in [5, 5.41) is 11.5. The number of carboxylic acids is 1. The van der Waals surface area contributed by atoms with Crippen LogP contribution in [0, 0.1) is 0 Å². The van der Waals surface area contributed by atoms with Crippen LogP contribution in [0.3, 0.4) is 0 Å². The molecule has 0 aliphatic rings. The fourth-order valence-corrected chi connectivity index (χ4v) is 2.48. The number of carboxylic acid groups (broad SMARTS) is 1. The lowest BCUT2D eigenvalue weighted by atomic mass is 10.0. The van der Waals surface area contributed by atoms with Gasteiger partial charge in [-0.3, -0.25) is 9.52 Å². The Labute approximate surface area is 141 Å². The lowest BCUT2D eigenvalue weighted by molar-refractivity contribution is -0.137. The highest BCUT2D eigenvalue weighted by Gasteiger charge is 2.19. The van der Waals surface area contributed by atoms with Gasteiger partial charge < -0.3 is 15.2 Å². The van der Waals surface area contributed by atoms with Gasteiger partial charge in [0.05, 0.1) is 25.3 Å². The number of alkyl carbamates (subject to hydrolysis) is 1. The average molecular weight is 358 g/mol. The molecule has 9 heteroatoms. The van der Waals surface area contributed by atoms with Crippen LogP contribution < -0.4 is 10.0 Å². The van der Waals surface area contributed by atoms with Crippen LogP contribution >= 0.6 is 0 Å². The van der Waals surface area contributed by atoms with Crippen LogP contribution in [0.25, 0.3) is 0 Å². The zero-order valence-electron chi connectivity index (χ0n) is 13.6. The van der Waals surface area contributed by atoms with E-state index < -0.39 is 28.1 Å². The Morgan fingerprint density at radius 1 is 1.25 bits per heavy atom.